The number of rotatable bonds is 34. The lowest BCUT2D eigenvalue weighted by atomic mass is 10.1. The highest BCUT2D eigenvalue weighted by atomic mass is 16.5. The fraction of sp³-hybridized carbons (Fsp3) is 0.690. The third-order valence-electron chi connectivity index (χ3n) is 8.30. The molecule has 0 aromatic heterocycles. The number of nitrogens with one attached hydrogen (secondary N) is 1. The number of allylic oxidation sites excluding steroid dienone is 9. The van der Waals surface area contributed by atoms with Gasteiger partial charge in [0.2, 0.25) is 5.91 Å². The van der Waals surface area contributed by atoms with Crippen LogP contribution >= 0.6 is 0 Å². The molecule has 0 aromatic rings. The van der Waals surface area contributed by atoms with E-state index in [0.29, 0.717) is 38.6 Å². The Morgan fingerprint density at radius 2 is 1.18 bits per heavy atom. The largest absolute Gasteiger partial charge is 0.480 e. The van der Waals surface area contributed by atoms with Crippen LogP contribution in [0.3, 0.4) is 0 Å². The summed E-state index contributed by atoms with van der Waals surface area (Å²) in [5.74, 6) is -1.36. The smallest absolute Gasteiger partial charge is 0.326 e. The molecule has 49 heavy (non-hydrogen) atoms. The van der Waals surface area contributed by atoms with Crippen molar-refractivity contribution < 1.29 is 24.2 Å². The van der Waals surface area contributed by atoms with E-state index in [1.54, 1.807) is 0 Å². The first-order chi connectivity index (χ1) is 23.9. The number of hydrogen-bond acceptors (Lipinski definition) is 5. The molecule has 0 aliphatic heterocycles. The van der Waals surface area contributed by atoms with Crippen molar-refractivity contribution in [3.63, 3.8) is 0 Å². The SMILES string of the molecule is CC/C=C\C/C=C\C/C=C\C/C=C\CCCCCCC(=O)OC(/C=C\CCCCCCC)CCCCCCC(=O)NC(CCCN)C(=O)O. The van der Waals surface area contributed by atoms with Gasteiger partial charge in [0.1, 0.15) is 12.1 Å². The Bertz CT molecular complexity index is 953. The second kappa shape index (κ2) is 36.4. The second-order valence-corrected chi connectivity index (χ2v) is 13.0. The van der Waals surface area contributed by atoms with E-state index in [2.05, 4.69) is 79.9 Å². The topological polar surface area (TPSA) is 119 Å². The monoisotopic (exact) mass is 685 g/mol. The van der Waals surface area contributed by atoms with Crippen LogP contribution in [0.5, 0.6) is 0 Å². The zero-order chi connectivity index (χ0) is 36.0. The van der Waals surface area contributed by atoms with Gasteiger partial charge < -0.3 is 20.9 Å². The number of nitrogens with two attached hydrogens (primary N) is 1. The number of ether oxygens (including phenoxy) is 1. The molecule has 7 nitrogen and oxygen atoms in total. The van der Waals surface area contributed by atoms with Gasteiger partial charge in [-0.15, -0.1) is 0 Å². The van der Waals surface area contributed by atoms with E-state index in [4.69, 9.17) is 10.5 Å². The predicted molar refractivity (Wildman–Crippen MR) is 206 cm³/mol. The van der Waals surface area contributed by atoms with E-state index in [1.807, 2.05) is 0 Å². The molecule has 7 heteroatoms. The normalized spacial score (nSPS) is 13.4. The summed E-state index contributed by atoms with van der Waals surface area (Å²) in [7, 11) is 0. The van der Waals surface area contributed by atoms with Crippen LogP contribution in [0.2, 0.25) is 0 Å². The van der Waals surface area contributed by atoms with Gasteiger partial charge in [-0.2, -0.15) is 0 Å². The molecular formula is C42H72N2O5. The zero-order valence-electron chi connectivity index (χ0n) is 31.3. The molecule has 0 fully saturated rings. The number of amides is 1. The average Bonchev–Trinajstić information content (AvgIpc) is 3.08. The molecule has 0 rings (SSSR count). The van der Waals surface area contributed by atoms with Crippen molar-refractivity contribution in [3.8, 4) is 0 Å². The molecule has 1 amide bonds. The van der Waals surface area contributed by atoms with Crippen molar-refractivity contribution in [2.75, 3.05) is 6.54 Å². The minimum Gasteiger partial charge on any atom is -0.480 e. The molecule has 2 unspecified atom stereocenters. The highest BCUT2D eigenvalue weighted by Crippen LogP contribution is 2.15. The van der Waals surface area contributed by atoms with E-state index in [9.17, 15) is 19.5 Å². The summed E-state index contributed by atoms with van der Waals surface area (Å²) in [5, 5.41) is 11.9. The third kappa shape index (κ3) is 33.3. The summed E-state index contributed by atoms with van der Waals surface area (Å²) >= 11 is 0. The third-order valence-corrected chi connectivity index (χ3v) is 8.30. The molecule has 0 bridgehead atoms. The first-order valence-corrected chi connectivity index (χ1v) is 19.6. The van der Waals surface area contributed by atoms with Gasteiger partial charge in [0, 0.05) is 12.8 Å². The number of unbranched alkanes of at least 4 members (excludes halogenated alkanes) is 12. The minimum absolute atomic E-state index is 0.115. The fourth-order valence-corrected chi connectivity index (χ4v) is 5.35. The molecule has 0 saturated heterocycles. The minimum atomic E-state index is -1.02. The van der Waals surface area contributed by atoms with Gasteiger partial charge in [0.25, 0.3) is 0 Å². The van der Waals surface area contributed by atoms with Crippen LogP contribution in [0, 0.1) is 0 Å². The quantitative estimate of drug-likeness (QED) is 0.0353. The molecule has 0 aliphatic carbocycles. The number of carbonyl (C=O) groups is 3. The van der Waals surface area contributed by atoms with Crippen LogP contribution in [0.1, 0.15) is 168 Å². The van der Waals surface area contributed by atoms with Gasteiger partial charge >= 0.3 is 11.9 Å². The van der Waals surface area contributed by atoms with E-state index in [0.717, 1.165) is 96.3 Å². The number of carboxylic acid groups (broad SMARTS) is 1. The number of carbonyl (C=O) groups excluding carboxylic acids is 2. The molecule has 4 N–H and O–H groups in total. The molecule has 0 heterocycles. The van der Waals surface area contributed by atoms with Gasteiger partial charge in [0.05, 0.1) is 0 Å². The van der Waals surface area contributed by atoms with Crippen molar-refractivity contribution in [1.82, 2.24) is 5.32 Å². The lowest BCUT2D eigenvalue weighted by molar-refractivity contribution is -0.147. The molecular weight excluding hydrogens is 612 g/mol. The number of hydrogen-bond donors (Lipinski definition) is 3. The molecule has 280 valence electrons. The summed E-state index contributed by atoms with van der Waals surface area (Å²) in [5.41, 5.74) is 5.47. The summed E-state index contributed by atoms with van der Waals surface area (Å²) in [6.07, 6.45) is 44.2. The van der Waals surface area contributed by atoms with Crippen molar-refractivity contribution in [2.24, 2.45) is 5.73 Å². The first kappa shape index (κ1) is 46.1. The fourth-order valence-electron chi connectivity index (χ4n) is 5.35. The Hall–Kier alpha value is -2.93. The van der Waals surface area contributed by atoms with Gasteiger partial charge in [-0.05, 0) is 103 Å². The summed E-state index contributed by atoms with van der Waals surface area (Å²) < 4.78 is 5.89. The van der Waals surface area contributed by atoms with Crippen LogP contribution in [-0.2, 0) is 19.1 Å². The Morgan fingerprint density at radius 3 is 1.80 bits per heavy atom. The van der Waals surface area contributed by atoms with E-state index in [-0.39, 0.29) is 18.0 Å². The van der Waals surface area contributed by atoms with Crippen LogP contribution in [0.25, 0.3) is 0 Å². The summed E-state index contributed by atoms with van der Waals surface area (Å²) in [6, 6.07) is -0.874. The number of carboxylic acids is 1. The number of aliphatic carboxylic acids is 1. The van der Waals surface area contributed by atoms with Crippen LogP contribution < -0.4 is 11.1 Å². The van der Waals surface area contributed by atoms with E-state index < -0.39 is 12.0 Å². The molecule has 2 atom stereocenters. The van der Waals surface area contributed by atoms with Gasteiger partial charge in [-0.3, -0.25) is 9.59 Å². The van der Waals surface area contributed by atoms with Gasteiger partial charge in [-0.1, -0.05) is 120 Å². The second-order valence-electron chi connectivity index (χ2n) is 13.0. The van der Waals surface area contributed by atoms with Crippen molar-refractivity contribution in [2.45, 2.75) is 180 Å². The highest BCUT2D eigenvalue weighted by Gasteiger charge is 2.19. The number of esters is 1. The summed E-state index contributed by atoms with van der Waals surface area (Å²) in [6.45, 7) is 4.77. The van der Waals surface area contributed by atoms with Crippen LogP contribution in [0.4, 0.5) is 0 Å². The lowest BCUT2D eigenvalue weighted by Gasteiger charge is -2.15. The Morgan fingerprint density at radius 1 is 0.633 bits per heavy atom. The van der Waals surface area contributed by atoms with Crippen LogP contribution in [-0.4, -0.2) is 41.6 Å². The lowest BCUT2D eigenvalue weighted by Crippen LogP contribution is -2.40. The van der Waals surface area contributed by atoms with Crippen molar-refractivity contribution in [3.05, 3.63) is 60.8 Å². The highest BCUT2D eigenvalue weighted by molar-refractivity contribution is 5.83. The van der Waals surface area contributed by atoms with Crippen LogP contribution in [0.15, 0.2) is 60.8 Å². The van der Waals surface area contributed by atoms with Crippen molar-refractivity contribution in [1.29, 1.82) is 0 Å². The average molecular weight is 685 g/mol. The molecule has 0 radical (unpaired) electrons. The van der Waals surface area contributed by atoms with Crippen molar-refractivity contribution >= 4 is 17.8 Å². The molecule has 0 aromatic carbocycles. The zero-order valence-corrected chi connectivity index (χ0v) is 31.3. The Kier molecular flexibility index (Phi) is 34.2. The maximum Gasteiger partial charge on any atom is 0.326 e. The van der Waals surface area contributed by atoms with Gasteiger partial charge in [0.15, 0.2) is 0 Å². The maximum atomic E-state index is 12.7. The molecule has 0 aliphatic rings. The van der Waals surface area contributed by atoms with Gasteiger partial charge in [-0.25, -0.2) is 4.79 Å². The predicted octanol–water partition coefficient (Wildman–Crippen LogP) is 10.6. The Balaban J connectivity index is 4.31. The molecule has 0 spiro atoms. The van der Waals surface area contributed by atoms with E-state index >= 15 is 0 Å². The van der Waals surface area contributed by atoms with E-state index in [1.165, 1.54) is 25.7 Å². The standard InChI is InChI=1S/C42H72N2O5/c1-3-5-7-9-11-12-13-14-15-16-17-18-19-20-22-24-30-36-41(46)49-38(32-27-23-21-10-8-6-4-2)33-28-25-26-29-35-40(45)44-39(42(47)48)34-31-37-43/h5,7,11-12,14-15,17-18,27,32,38-39H,3-4,6,8-10,13,16,19-26,28-31,33-37,43H2,1-2H3,(H,44,45)(H,47,48)/b7-5-,12-11-,15-14-,18-17-,32-27-. The maximum absolute atomic E-state index is 12.7. The Labute approximate surface area is 300 Å². The first-order valence-electron chi connectivity index (χ1n) is 19.6. The summed E-state index contributed by atoms with van der Waals surface area (Å²) in [4.78, 5) is 36.2. The molecule has 0 saturated carbocycles.